The number of hydrogen-bond acceptors (Lipinski definition) is 5. The van der Waals surface area contributed by atoms with Gasteiger partial charge in [-0.15, -0.1) is 0 Å². The Hall–Kier alpha value is -2.52. The second kappa shape index (κ2) is 8.99. The van der Waals surface area contributed by atoms with Crippen molar-refractivity contribution in [3.63, 3.8) is 0 Å². The van der Waals surface area contributed by atoms with Crippen LogP contribution in [0.4, 0.5) is 30.7 Å². The minimum atomic E-state index is -5.17. The average Bonchev–Trinajstić information content (AvgIpc) is 3.27. The number of amides is 1. The maximum absolute atomic E-state index is 15.4. The summed E-state index contributed by atoms with van der Waals surface area (Å²) >= 11 is 5.56. The van der Waals surface area contributed by atoms with Crippen LogP contribution < -0.4 is 5.48 Å². The van der Waals surface area contributed by atoms with E-state index in [1.165, 1.54) is 29.2 Å². The molecule has 3 heterocycles. The van der Waals surface area contributed by atoms with Gasteiger partial charge >= 0.3 is 12.4 Å². The van der Waals surface area contributed by atoms with Crippen LogP contribution in [0.3, 0.4) is 0 Å². The molecule has 0 saturated carbocycles. The van der Waals surface area contributed by atoms with Crippen molar-refractivity contribution in [2.45, 2.75) is 23.6 Å². The molecule has 2 aromatic rings. The largest absolute Gasteiger partial charge is 0.428 e. The van der Waals surface area contributed by atoms with Crippen molar-refractivity contribution >= 4 is 33.8 Å². The van der Waals surface area contributed by atoms with E-state index in [-0.39, 0.29) is 53.4 Å². The molecule has 39 heavy (non-hydrogen) atoms. The molecule has 2 aromatic carbocycles. The van der Waals surface area contributed by atoms with E-state index in [9.17, 15) is 40.2 Å². The monoisotopic (exact) mass is 600 g/mol. The van der Waals surface area contributed by atoms with Gasteiger partial charge in [-0.2, -0.15) is 36.9 Å². The summed E-state index contributed by atoms with van der Waals surface area (Å²) in [6, 6.07) is 7.08. The molecule has 3 aliphatic rings. The number of rotatable bonds is 4. The first-order valence-corrected chi connectivity index (χ1v) is 13.6. The fourth-order valence-electron chi connectivity index (χ4n) is 4.80. The fraction of sp³-hybridized carbons (Fsp3) is 0.375. The predicted octanol–water partition coefficient (Wildman–Crippen LogP) is 6.08. The molecule has 1 amide bonds. The number of nitrogens with one attached hydrogen (secondary N) is 1. The van der Waals surface area contributed by atoms with Gasteiger partial charge in [-0.1, -0.05) is 41.9 Å². The quantitative estimate of drug-likeness (QED) is 0.371. The number of carbonyl (C=O) groups is 1. The van der Waals surface area contributed by atoms with Crippen LogP contribution >= 0.6 is 22.2 Å². The van der Waals surface area contributed by atoms with Crippen LogP contribution in [0.2, 0.25) is 5.02 Å². The van der Waals surface area contributed by atoms with Gasteiger partial charge < -0.3 is 4.90 Å². The highest BCUT2D eigenvalue weighted by Gasteiger charge is 2.60. The number of nitrogens with zero attached hydrogens (tertiary/aromatic N) is 1. The van der Waals surface area contributed by atoms with Gasteiger partial charge in [-0.05, 0) is 29.3 Å². The van der Waals surface area contributed by atoms with Gasteiger partial charge in [0.2, 0.25) is 11.5 Å². The van der Waals surface area contributed by atoms with Crippen LogP contribution in [-0.2, 0) is 27.1 Å². The SMILES string of the molecule is O=C(C1CS(O)(O)C1)N1CC(F)(c2ccc(C3=CC(c4ccc(Cl)c(C(F)(F)F)c4)(C(F)(F)F)ON3)cc2)C1. The molecule has 6 nitrogen and oxygen atoms in total. The van der Waals surface area contributed by atoms with Crippen molar-refractivity contribution < 1.29 is 49.5 Å². The molecule has 0 aromatic heterocycles. The number of hydrogen-bond donors (Lipinski definition) is 3. The number of halogens is 8. The third-order valence-electron chi connectivity index (χ3n) is 6.98. The van der Waals surface area contributed by atoms with Gasteiger partial charge in [0.15, 0.2) is 5.67 Å². The van der Waals surface area contributed by atoms with E-state index in [1.54, 1.807) is 0 Å². The summed E-state index contributed by atoms with van der Waals surface area (Å²) in [7, 11) is -2.72. The Labute approximate surface area is 223 Å². The molecule has 3 aliphatic heterocycles. The molecule has 0 bridgehead atoms. The third-order valence-corrected chi connectivity index (χ3v) is 9.19. The van der Waals surface area contributed by atoms with Crippen molar-refractivity contribution in [3.8, 4) is 0 Å². The summed E-state index contributed by atoms with van der Waals surface area (Å²) in [6.07, 6.45) is -9.57. The van der Waals surface area contributed by atoms with E-state index < -0.39 is 56.3 Å². The molecule has 15 heteroatoms. The zero-order valence-corrected chi connectivity index (χ0v) is 21.2. The number of likely N-dealkylation sites (tertiary alicyclic amines) is 1. The fourth-order valence-corrected chi connectivity index (χ4v) is 6.50. The highest BCUT2D eigenvalue weighted by molar-refractivity contribution is 8.25. The van der Waals surface area contributed by atoms with E-state index in [2.05, 4.69) is 5.48 Å². The summed E-state index contributed by atoms with van der Waals surface area (Å²) in [4.78, 5) is 18.5. The van der Waals surface area contributed by atoms with Crippen molar-refractivity contribution in [2.75, 3.05) is 24.6 Å². The lowest BCUT2D eigenvalue weighted by atomic mass is 9.86. The number of carbonyl (C=O) groups excluding carboxylic acids is 1. The Morgan fingerprint density at radius 3 is 2.15 bits per heavy atom. The zero-order chi connectivity index (χ0) is 28.6. The normalized spacial score (nSPS) is 25.3. The van der Waals surface area contributed by atoms with E-state index in [0.29, 0.717) is 12.1 Å². The van der Waals surface area contributed by atoms with Crippen molar-refractivity contribution in [1.29, 1.82) is 0 Å². The molecule has 3 N–H and O–H groups in total. The third kappa shape index (κ3) is 4.86. The van der Waals surface area contributed by atoms with E-state index in [1.807, 2.05) is 0 Å². The Balaban J connectivity index is 1.36. The molecule has 212 valence electrons. The number of alkyl halides is 7. The van der Waals surface area contributed by atoms with Crippen molar-refractivity contribution in [1.82, 2.24) is 10.4 Å². The zero-order valence-electron chi connectivity index (χ0n) is 19.6. The molecule has 2 fully saturated rings. The highest BCUT2D eigenvalue weighted by Crippen LogP contribution is 2.53. The molecule has 0 aliphatic carbocycles. The Bertz CT molecular complexity index is 1340. The maximum atomic E-state index is 15.4. The molecule has 1 atom stereocenters. The lowest BCUT2D eigenvalue weighted by molar-refractivity contribution is -0.269. The van der Waals surface area contributed by atoms with Gasteiger partial charge in [-0.25, -0.2) is 4.39 Å². The van der Waals surface area contributed by atoms with Crippen LogP contribution in [0.5, 0.6) is 0 Å². The second-order valence-corrected chi connectivity index (χ2v) is 12.4. The topological polar surface area (TPSA) is 82.0 Å². The summed E-state index contributed by atoms with van der Waals surface area (Å²) in [5, 5.41) is -0.769. The summed E-state index contributed by atoms with van der Waals surface area (Å²) in [5.74, 6) is -1.03. The molecule has 5 rings (SSSR count). The lowest BCUT2D eigenvalue weighted by Gasteiger charge is -2.51. The predicted molar refractivity (Wildman–Crippen MR) is 128 cm³/mol. The van der Waals surface area contributed by atoms with Gasteiger partial charge in [0.1, 0.15) is 0 Å². The van der Waals surface area contributed by atoms with Crippen LogP contribution in [0.15, 0.2) is 48.5 Å². The van der Waals surface area contributed by atoms with E-state index in [0.717, 1.165) is 6.07 Å². The van der Waals surface area contributed by atoms with E-state index >= 15 is 4.39 Å². The van der Waals surface area contributed by atoms with Gasteiger partial charge in [0.25, 0.3) is 0 Å². The van der Waals surface area contributed by atoms with E-state index in [4.69, 9.17) is 16.4 Å². The molecule has 1 unspecified atom stereocenters. The van der Waals surface area contributed by atoms with Crippen molar-refractivity contribution in [3.05, 3.63) is 75.8 Å². The minimum absolute atomic E-state index is 0.0482. The van der Waals surface area contributed by atoms with Crippen LogP contribution in [0.1, 0.15) is 22.3 Å². The van der Waals surface area contributed by atoms with Gasteiger partial charge in [0, 0.05) is 5.56 Å². The number of benzene rings is 2. The first kappa shape index (κ1) is 28.0. The molecular weight excluding hydrogens is 581 g/mol. The second-order valence-electron chi connectivity index (χ2n) is 9.76. The minimum Gasteiger partial charge on any atom is -0.335 e. The maximum Gasteiger partial charge on any atom is 0.428 e. The van der Waals surface area contributed by atoms with Crippen LogP contribution in [0, 0.1) is 5.92 Å². The summed E-state index contributed by atoms with van der Waals surface area (Å²) < 4.78 is 117. The molecule has 2 saturated heterocycles. The summed E-state index contributed by atoms with van der Waals surface area (Å²) in [5.41, 5.74) is -5.23. The summed E-state index contributed by atoms with van der Waals surface area (Å²) in [6.45, 7) is -0.527. The first-order chi connectivity index (χ1) is 17.9. The lowest BCUT2D eigenvalue weighted by Crippen LogP contribution is -2.62. The van der Waals surface area contributed by atoms with Crippen LogP contribution in [0.25, 0.3) is 5.70 Å². The average molecular weight is 601 g/mol. The van der Waals surface area contributed by atoms with Gasteiger partial charge in [-0.3, -0.25) is 24.2 Å². The Morgan fingerprint density at radius 2 is 1.62 bits per heavy atom. The Kier molecular flexibility index (Phi) is 6.46. The van der Waals surface area contributed by atoms with Crippen molar-refractivity contribution in [2.24, 2.45) is 5.92 Å². The molecule has 0 radical (unpaired) electrons. The first-order valence-electron chi connectivity index (χ1n) is 11.4. The molecular formula is C24H20ClF7N2O4S. The highest BCUT2D eigenvalue weighted by atomic mass is 35.5. The standard InChI is InChI=1S/C24H20ClF7N2O4S/c25-18-6-5-16(7-17(18)23(27,28)29)22(24(30,31)32)8-19(33-38-22)13-1-3-15(4-2-13)21(26)11-34(12-21)20(35)14-9-39(36,37)10-14/h1-8,14,33,36-37H,9-12H2. The van der Waals surface area contributed by atoms with Gasteiger partial charge in [0.05, 0.1) is 46.8 Å². The smallest absolute Gasteiger partial charge is 0.335 e. The molecule has 0 spiro atoms. The Morgan fingerprint density at radius 1 is 1.03 bits per heavy atom. The van der Waals surface area contributed by atoms with Crippen LogP contribution in [-0.4, -0.2) is 50.7 Å². The number of hydroxylamine groups is 1.